The number of aromatic nitrogens is 5. The van der Waals surface area contributed by atoms with Crippen LogP contribution >= 0.6 is 11.8 Å². The zero-order chi connectivity index (χ0) is 38.0. The van der Waals surface area contributed by atoms with E-state index >= 15 is 0 Å². The fraction of sp³-hybridized carbons (Fsp3) is 0.565. The summed E-state index contributed by atoms with van der Waals surface area (Å²) >= 11 is 0.324. The number of aliphatic hydroxyl groups excluding tert-OH is 1. The predicted molar refractivity (Wildman–Crippen MR) is 128 cm³/mol. The number of hydrogen-bond acceptors (Lipinski definition) is 10. The molecule has 2 saturated carbocycles. The van der Waals surface area contributed by atoms with E-state index in [1.54, 1.807) is 0 Å². The molecule has 0 saturated heterocycles. The van der Waals surface area contributed by atoms with Gasteiger partial charge in [-0.15, -0.1) is 5.10 Å². The minimum atomic E-state index is -4.06. The zero-order valence-electron chi connectivity index (χ0n) is 32.3. The Kier molecular flexibility index (Phi) is 3.90. The van der Waals surface area contributed by atoms with Crippen LogP contribution < -0.4 is 5.32 Å². The lowest BCUT2D eigenvalue weighted by Crippen LogP contribution is -2.33. The molecular formula is C23H28F2N6O4S. The van der Waals surface area contributed by atoms with Crippen molar-refractivity contribution in [2.45, 2.75) is 67.4 Å². The molecule has 2 aromatic heterocycles. The number of benzene rings is 1. The molecule has 1 unspecified atom stereocenters. The summed E-state index contributed by atoms with van der Waals surface area (Å²) in [5.41, 5.74) is -4.50. The van der Waals surface area contributed by atoms with Crippen molar-refractivity contribution in [3.05, 3.63) is 35.3 Å². The Labute approximate surface area is 229 Å². The van der Waals surface area contributed by atoms with E-state index in [2.05, 4.69) is 25.6 Å². The highest BCUT2D eigenvalue weighted by Gasteiger charge is 2.45. The maximum Gasteiger partial charge on any atom is 0.191 e. The monoisotopic (exact) mass is 536 g/mol. The minimum Gasteiger partial charge on any atom is -0.394 e. The first-order valence-electron chi connectivity index (χ1n) is 17.4. The maximum absolute atomic E-state index is 14.5. The number of halogens is 2. The van der Waals surface area contributed by atoms with Gasteiger partial charge < -0.3 is 25.4 Å². The van der Waals surface area contributed by atoms with Crippen LogP contribution in [-0.2, 0) is 4.74 Å². The van der Waals surface area contributed by atoms with Gasteiger partial charge in [0.15, 0.2) is 33.8 Å². The van der Waals surface area contributed by atoms with Crippen molar-refractivity contribution in [3.8, 4) is 0 Å². The van der Waals surface area contributed by atoms with E-state index in [1.807, 2.05) is 0 Å². The highest BCUT2D eigenvalue weighted by Crippen LogP contribution is 2.44. The van der Waals surface area contributed by atoms with E-state index in [0.717, 1.165) is 0 Å². The molecule has 36 heavy (non-hydrogen) atoms. The number of thioether (sulfide) groups is 1. The van der Waals surface area contributed by atoms with E-state index < -0.39 is 125 Å². The second-order valence-corrected chi connectivity index (χ2v) is 8.09. The van der Waals surface area contributed by atoms with Crippen LogP contribution in [0, 0.1) is 11.6 Å². The van der Waals surface area contributed by atoms with Gasteiger partial charge in [-0.05, 0) is 30.4 Å². The molecule has 0 amide bonds. The van der Waals surface area contributed by atoms with Crippen LogP contribution in [-0.4, -0.2) is 83.5 Å². The van der Waals surface area contributed by atoms with Gasteiger partial charge in [-0.25, -0.2) is 23.4 Å². The number of nitrogens with zero attached hydrogens (tertiary/aromatic N) is 5. The molecule has 13 heteroatoms. The average molecular weight is 537 g/mol. The summed E-state index contributed by atoms with van der Waals surface area (Å²) in [7, 11) is 0. The van der Waals surface area contributed by atoms with Crippen LogP contribution in [0.3, 0.4) is 0 Å². The Morgan fingerprint density at radius 2 is 2.14 bits per heavy atom. The van der Waals surface area contributed by atoms with Crippen LogP contribution in [0.15, 0.2) is 23.3 Å². The first-order chi connectivity index (χ1) is 22.7. The summed E-state index contributed by atoms with van der Waals surface area (Å²) in [6.07, 6.45) is -18.5. The molecule has 3 aromatic rings. The molecule has 2 aliphatic rings. The van der Waals surface area contributed by atoms with Crippen molar-refractivity contribution in [1.29, 1.82) is 0 Å². The number of ether oxygens (including phenoxy) is 1. The lowest BCUT2D eigenvalue weighted by atomic mass is 10.1. The Morgan fingerprint density at radius 3 is 2.92 bits per heavy atom. The maximum atomic E-state index is 14.5. The summed E-state index contributed by atoms with van der Waals surface area (Å²) in [5.74, 6) is -6.34. The normalized spacial score (nSPS) is 46.7. The number of nitrogens with one attached hydrogen (secondary N) is 1. The summed E-state index contributed by atoms with van der Waals surface area (Å²) in [6, 6.07) is -10.2. The number of rotatable bonds is 10. The Hall–Kier alpha value is -2.45. The topological polar surface area (TPSA) is 138 Å². The quantitative estimate of drug-likeness (QED) is 0.225. The third kappa shape index (κ3) is 4.90. The molecule has 0 radical (unpaired) electrons. The highest BCUT2D eigenvalue weighted by molar-refractivity contribution is 7.99. The highest BCUT2D eigenvalue weighted by atomic mass is 32.2. The van der Waals surface area contributed by atoms with Crippen LogP contribution in [0.5, 0.6) is 0 Å². The molecule has 6 atom stereocenters. The number of anilines is 1. The molecule has 4 N–H and O–H groups in total. The van der Waals surface area contributed by atoms with Crippen LogP contribution in [0.1, 0.15) is 62.8 Å². The standard InChI is InChI=1S/C23H28F2N6O4S/c1-2-7-36-23-27-21(26-15-9-12(15)11-3-4-13(24)14(25)8-11)18-22(28-23)31(30-29-18)16-10-17(35-6-5-32)20(34)19(16)33/h3-4,8,12,15-17,19-20,32-34H,2,5-7,9-10H2,1H3,(H,26,27,28)/t12?,15-,16+,17-,19-,20+/m0/s1/i3D,4D,7D2,8D,9D2,10D2,15D,16D,17D,19D,20D. The van der Waals surface area contributed by atoms with E-state index in [4.69, 9.17) is 23.9 Å². The van der Waals surface area contributed by atoms with Crippen LogP contribution in [0.2, 0.25) is 0 Å². The molecule has 194 valence electrons. The van der Waals surface area contributed by atoms with Crippen LogP contribution in [0.4, 0.5) is 14.6 Å². The van der Waals surface area contributed by atoms with E-state index in [1.165, 1.54) is 6.92 Å². The largest absolute Gasteiger partial charge is 0.394 e. The Morgan fingerprint density at radius 1 is 1.31 bits per heavy atom. The third-order valence-electron chi connectivity index (χ3n) is 4.82. The molecule has 0 bridgehead atoms. The molecule has 2 aliphatic carbocycles. The van der Waals surface area contributed by atoms with Crippen molar-refractivity contribution in [3.63, 3.8) is 0 Å². The van der Waals surface area contributed by atoms with Gasteiger partial charge in [-0.1, -0.05) is 29.9 Å². The van der Waals surface area contributed by atoms with Gasteiger partial charge >= 0.3 is 0 Å². The first-order valence-corrected chi connectivity index (χ1v) is 11.3. The number of aliphatic hydroxyl groups is 3. The van der Waals surface area contributed by atoms with Gasteiger partial charge in [0.05, 0.1) is 36.3 Å². The van der Waals surface area contributed by atoms with E-state index in [-0.39, 0.29) is 11.1 Å². The number of fused-ring (bicyclic) bond motifs is 1. The van der Waals surface area contributed by atoms with Gasteiger partial charge in [-0.2, -0.15) is 0 Å². The summed E-state index contributed by atoms with van der Waals surface area (Å²) in [6.45, 7) is -0.325. The fourth-order valence-corrected chi connectivity index (χ4v) is 3.70. The van der Waals surface area contributed by atoms with Crippen molar-refractivity contribution >= 4 is 28.7 Å². The molecule has 0 aliphatic heterocycles. The molecule has 1 aromatic carbocycles. The SMILES string of the molecule is [2H]c1c([2H])c(C2C([2H])([2H])[C@]2([2H])Nc2nc(SC([2H])([2H])CC)nc3c2nnn3[C@]2([2H])C([2H])([2H])[C@]([2H])(OCCO)[C@@]([2H])(O)[C@@]2([2H])O)c([2H])c(F)c1F. The lowest BCUT2D eigenvalue weighted by molar-refractivity contribution is -0.0629. The summed E-state index contributed by atoms with van der Waals surface area (Å²) in [5, 5.41) is 40.4. The first kappa shape index (κ1) is 13.4. The van der Waals surface area contributed by atoms with Crippen molar-refractivity contribution in [1.82, 2.24) is 25.0 Å². The smallest absolute Gasteiger partial charge is 0.191 e. The van der Waals surface area contributed by atoms with Crippen LogP contribution in [0.25, 0.3) is 11.2 Å². The van der Waals surface area contributed by atoms with Crippen molar-refractivity contribution < 1.29 is 48.0 Å². The van der Waals surface area contributed by atoms with Gasteiger partial charge in [0.25, 0.3) is 0 Å². The molecule has 0 spiro atoms. The van der Waals surface area contributed by atoms with E-state index in [9.17, 15) is 24.1 Å². The minimum absolute atomic E-state index is 0.0903. The van der Waals surface area contributed by atoms with Gasteiger partial charge in [0.2, 0.25) is 0 Å². The zero-order valence-corrected chi connectivity index (χ0v) is 19.2. The predicted octanol–water partition coefficient (Wildman–Crippen LogP) is 2.01. The molecule has 2 fully saturated rings. The fourth-order valence-electron chi connectivity index (χ4n) is 3.16. The van der Waals surface area contributed by atoms with Crippen molar-refractivity contribution in [2.75, 3.05) is 24.2 Å². The molecule has 10 nitrogen and oxygen atoms in total. The lowest BCUT2D eigenvalue weighted by Gasteiger charge is -2.17. The average Bonchev–Trinajstić information content (AvgIpc) is 3.26. The molecule has 2 heterocycles. The number of hydrogen-bond donors (Lipinski definition) is 4. The van der Waals surface area contributed by atoms with Gasteiger partial charge in [0, 0.05) is 32.2 Å². The van der Waals surface area contributed by atoms with Gasteiger partial charge in [0.1, 0.15) is 12.2 Å². The Bertz CT molecular complexity index is 1870. The van der Waals surface area contributed by atoms with Gasteiger partial charge in [-0.3, -0.25) is 0 Å². The molecule has 5 rings (SSSR count). The van der Waals surface area contributed by atoms with E-state index in [0.29, 0.717) is 11.8 Å². The van der Waals surface area contributed by atoms with Crippen molar-refractivity contribution in [2.24, 2.45) is 0 Å². The summed E-state index contributed by atoms with van der Waals surface area (Å²) in [4.78, 5) is 8.12. The molecular weight excluding hydrogens is 494 g/mol. The Balaban J connectivity index is 1.74. The summed E-state index contributed by atoms with van der Waals surface area (Å²) < 4.78 is 151. The second kappa shape index (κ2) is 10.5. The second-order valence-electron chi connectivity index (χ2n) is 7.23. The third-order valence-corrected chi connectivity index (χ3v) is 5.62.